The van der Waals surface area contributed by atoms with E-state index < -0.39 is 0 Å². The standard InChI is InChI=1S/C9H20N2OS/c1-8(2,3)12-7(10)11-6-9(4,5)13/h13H,6H2,1-5H3,(H2,10,11). The second kappa shape index (κ2) is 4.22. The molecule has 0 fully saturated rings. The quantitative estimate of drug-likeness (QED) is 0.366. The van der Waals surface area contributed by atoms with Crippen LogP contribution < -0.4 is 5.32 Å². The minimum Gasteiger partial charge on any atom is -0.460 e. The first-order chi connectivity index (χ1) is 5.60. The van der Waals surface area contributed by atoms with Crippen molar-refractivity contribution in [1.82, 2.24) is 5.32 Å². The summed E-state index contributed by atoms with van der Waals surface area (Å²) in [5, 5.41) is 10.3. The van der Waals surface area contributed by atoms with Gasteiger partial charge in [-0.05, 0) is 34.6 Å². The molecule has 3 nitrogen and oxygen atoms in total. The van der Waals surface area contributed by atoms with Crippen LogP contribution in [0.4, 0.5) is 0 Å². The van der Waals surface area contributed by atoms with E-state index in [0.29, 0.717) is 6.54 Å². The summed E-state index contributed by atoms with van der Waals surface area (Å²) < 4.78 is 5.14. The molecule has 0 amide bonds. The van der Waals surface area contributed by atoms with Crippen molar-refractivity contribution in [3.05, 3.63) is 0 Å². The maximum atomic E-state index is 7.46. The van der Waals surface area contributed by atoms with Crippen molar-refractivity contribution in [2.45, 2.75) is 45.0 Å². The molecular formula is C9H20N2OS. The van der Waals surface area contributed by atoms with Gasteiger partial charge in [0.25, 0.3) is 6.02 Å². The Morgan fingerprint density at radius 1 is 1.31 bits per heavy atom. The molecule has 0 unspecified atom stereocenters. The monoisotopic (exact) mass is 204 g/mol. The number of nitrogens with one attached hydrogen (secondary N) is 2. The highest BCUT2D eigenvalue weighted by Crippen LogP contribution is 2.10. The Hall–Kier alpha value is -0.380. The van der Waals surface area contributed by atoms with Crippen LogP contribution in [0.3, 0.4) is 0 Å². The van der Waals surface area contributed by atoms with Gasteiger partial charge in [0.1, 0.15) is 5.60 Å². The van der Waals surface area contributed by atoms with E-state index >= 15 is 0 Å². The van der Waals surface area contributed by atoms with Crippen molar-refractivity contribution in [3.63, 3.8) is 0 Å². The van der Waals surface area contributed by atoms with E-state index in [0.717, 1.165) is 0 Å². The molecule has 0 aromatic carbocycles. The minimum atomic E-state index is -0.315. The van der Waals surface area contributed by atoms with Gasteiger partial charge < -0.3 is 10.1 Å². The average Bonchev–Trinajstić information content (AvgIpc) is 1.78. The Bertz CT molecular complexity index is 179. The summed E-state index contributed by atoms with van der Waals surface area (Å²) in [6.45, 7) is 10.3. The van der Waals surface area contributed by atoms with Gasteiger partial charge in [0.2, 0.25) is 0 Å². The lowest BCUT2D eigenvalue weighted by Crippen LogP contribution is -2.39. The van der Waals surface area contributed by atoms with E-state index in [2.05, 4.69) is 17.9 Å². The maximum absolute atomic E-state index is 7.46. The van der Waals surface area contributed by atoms with E-state index in [4.69, 9.17) is 10.1 Å². The molecule has 0 spiro atoms. The van der Waals surface area contributed by atoms with Crippen molar-refractivity contribution in [2.75, 3.05) is 6.54 Å². The average molecular weight is 204 g/mol. The zero-order valence-electron chi connectivity index (χ0n) is 9.06. The third kappa shape index (κ3) is 9.53. The van der Waals surface area contributed by atoms with Crippen molar-refractivity contribution in [3.8, 4) is 0 Å². The molecular weight excluding hydrogens is 184 g/mol. The first-order valence-electron chi connectivity index (χ1n) is 4.34. The Labute approximate surface area is 86.2 Å². The van der Waals surface area contributed by atoms with Crippen LogP contribution in [-0.4, -0.2) is 22.9 Å². The Balaban J connectivity index is 3.78. The number of hydrogen-bond donors (Lipinski definition) is 3. The molecule has 4 heteroatoms. The summed E-state index contributed by atoms with van der Waals surface area (Å²) in [5.41, 5.74) is -0.315. The third-order valence-corrected chi connectivity index (χ3v) is 1.25. The Morgan fingerprint density at radius 3 is 2.08 bits per heavy atom. The summed E-state index contributed by atoms with van der Waals surface area (Å²) in [7, 11) is 0. The van der Waals surface area contributed by atoms with Crippen molar-refractivity contribution in [1.29, 1.82) is 5.41 Å². The SMILES string of the molecule is CC(C)(S)CNC(=N)OC(C)(C)C. The normalized spacial score (nSPS) is 12.5. The highest BCUT2D eigenvalue weighted by molar-refractivity contribution is 7.81. The second-order valence-corrected chi connectivity index (χ2v) is 5.92. The lowest BCUT2D eigenvalue weighted by Gasteiger charge is -2.24. The number of hydrogen-bond acceptors (Lipinski definition) is 3. The van der Waals surface area contributed by atoms with Gasteiger partial charge in [-0.2, -0.15) is 12.6 Å². The van der Waals surface area contributed by atoms with Gasteiger partial charge in [0.05, 0.1) is 0 Å². The fraction of sp³-hybridized carbons (Fsp3) is 0.889. The molecule has 0 aromatic rings. The van der Waals surface area contributed by atoms with E-state index in [1.807, 2.05) is 34.6 Å². The van der Waals surface area contributed by atoms with Gasteiger partial charge in [-0.3, -0.25) is 5.41 Å². The zero-order chi connectivity index (χ0) is 10.7. The third-order valence-electron chi connectivity index (χ3n) is 1.09. The van der Waals surface area contributed by atoms with Crippen molar-refractivity contribution < 1.29 is 4.74 Å². The number of amidine groups is 1. The first kappa shape index (κ1) is 12.6. The summed E-state index contributed by atoms with van der Waals surface area (Å²) in [6, 6.07) is 0.106. The van der Waals surface area contributed by atoms with Crippen LogP contribution in [-0.2, 0) is 4.74 Å². The van der Waals surface area contributed by atoms with Gasteiger partial charge in [0.15, 0.2) is 0 Å². The molecule has 0 saturated heterocycles. The molecule has 0 bridgehead atoms. The van der Waals surface area contributed by atoms with Crippen LogP contribution in [0.15, 0.2) is 0 Å². The van der Waals surface area contributed by atoms with Gasteiger partial charge in [-0.25, -0.2) is 0 Å². The highest BCUT2D eigenvalue weighted by Gasteiger charge is 2.16. The molecule has 0 saturated carbocycles. The minimum absolute atomic E-state index is 0.106. The summed E-state index contributed by atoms with van der Waals surface area (Å²) in [6.07, 6.45) is 0. The largest absolute Gasteiger partial charge is 0.460 e. The molecule has 0 radical (unpaired) electrons. The van der Waals surface area contributed by atoms with Crippen LogP contribution in [0.25, 0.3) is 0 Å². The van der Waals surface area contributed by atoms with Gasteiger partial charge in [0, 0.05) is 11.3 Å². The molecule has 2 N–H and O–H groups in total. The molecule has 0 aliphatic rings. The molecule has 13 heavy (non-hydrogen) atoms. The Kier molecular flexibility index (Phi) is 4.10. The van der Waals surface area contributed by atoms with Crippen molar-refractivity contribution >= 4 is 18.7 Å². The highest BCUT2D eigenvalue weighted by atomic mass is 32.1. The molecule has 0 atom stereocenters. The summed E-state index contributed by atoms with van der Waals surface area (Å²) >= 11 is 4.33. The smallest absolute Gasteiger partial charge is 0.282 e. The van der Waals surface area contributed by atoms with E-state index in [1.54, 1.807) is 0 Å². The fourth-order valence-electron chi connectivity index (χ4n) is 0.639. The summed E-state index contributed by atoms with van der Waals surface area (Å²) in [4.78, 5) is 0. The predicted molar refractivity (Wildman–Crippen MR) is 59.6 cm³/mol. The Morgan fingerprint density at radius 2 is 1.77 bits per heavy atom. The maximum Gasteiger partial charge on any atom is 0.282 e. The van der Waals surface area contributed by atoms with Crippen molar-refractivity contribution in [2.24, 2.45) is 0 Å². The number of ether oxygens (including phenoxy) is 1. The van der Waals surface area contributed by atoms with Crippen LogP contribution in [0.2, 0.25) is 0 Å². The molecule has 0 heterocycles. The number of thiol groups is 1. The molecule has 0 aliphatic heterocycles. The first-order valence-corrected chi connectivity index (χ1v) is 4.79. The van der Waals surface area contributed by atoms with Crippen LogP contribution in [0.1, 0.15) is 34.6 Å². The van der Waals surface area contributed by atoms with Gasteiger partial charge >= 0.3 is 0 Å². The zero-order valence-corrected chi connectivity index (χ0v) is 9.96. The summed E-state index contributed by atoms with van der Waals surface area (Å²) in [5.74, 6) is 0. The van der Waals surface area contributed by atoms with Crippen LogP contribution in [0, 0.1) is 5.41 Å². The van der Waals surface area contributed by atoms with Gasteiger partial charge in [-0.1, -0.05) is 0 Å². The fourth-order valence-corrected chi connectivity index (χ4v) is 0.718. The van der Waals surface area contributed by atoms with Gasteiger partial charge in [-0.15, -0.1) is 0 Å². The lowest BCUT2D eigenvalue weighted by molar-refractivity contribution is 0.107. The topological polar surface area (TPSA) is 45.1 Å². The molecule has 0 aliphatic carbocycles. The van der Waals surface area contributed by atoms with E-state index in [-0.39, 0.29) is 16.4 Å². The molecule has 0 aromatic heterocycles. The lowest BCUT2D eigenvalue weighted by atomic mass is 10.2. The van der Waals surface area contributed by atoms with E-state index in [1.165, 1.54) is 0 Å². The second-order valence-electron chi connectivity index (χ2n) is 4.71. The molecule has 78 valence electrons. The predicted octanol–water partition coefficient (Wildman–Crippen LogP) is 2.03. The molecule has 0 rings (SSSR count). The van der Waals surface area contributed by atoms with E-state index in [9.17, 15) is 0 Å². The van der Waals surface area contributed by atoms with Crippen LogP contribution in [0.5, 0.6) is 0 Å². The van der Waals surface area contributed by atoms with Crippen LogP contribution >= 0.6 is 12.6 Å². The number of rotatable bonds is 2.